The Morgan fingerprint density at radius 2 is 1.80 bits per heavy atom. The van der Waals surface area contributed by atoms with Crippen LogP contribution in [-0.2, 0) is 10.0 Å². The number of sulfonamides is 1. The van der Waals surface area contributed by atoms with Gasteiger partial charge in [-0.3, -0.25) is 4.31 Å². The van der Waals surface area contributed by atoms with Gasteiger partial charge in [0, 0.05) is 12.5 Å². The van der Waals surface area contributed by atoms with Gasteiger partial charge in [-0.05, 0) is 63.2 Å². The largest absolute Gasteiger partial charge is 0.306 e. The Balaban J connectivity index is 1.87. The molecule has 2 atom stereocenters. The number of hydrogen-bond donors (Lipinski definition) is 0. The van der Waals surface area contributed by atoms with Crippen LogP contribution in [0.4, 0.5) is 5.69 Å². The molecule has 1 saturated heterocycles. The molecule has 0 N–H and O–H groups in total. The lowest BCUT2D eigenvalue weighted by molar-refractivity contribution is 0.237. The fourth-order valence-corrected chi connectivity index (χ4v) is 6.08. The van der Waals surface area contributed by atoms with E-state index in [1.165, 1.54) is 11.1 Å². The zero-order valence-electron chi connectivity index (χ0n) is 14.9. The minimum absolute atomic E-state index is 0.0125. The van der Waals surface area contributed by atoms with E-state index < -0.39 is 10.0 Å². The van der Waals surface area contributed by atoms with Crippen LogP contribution >= 0.6 is 0 Å². The number of benzene rings is 2. The number of aryl methyl sites for hydroxylation is 2. The number of nitrogens with zero attached hydrogens (tertiary/aromatic N) is 2. The van der Waals surface area contributed by atoms with Crippen molar-refractivity contribution in [1.82, 2.24) is 4.90 Å². The number of likely N-dealkylation sites (N-methyl/N-ethyl adjacent to an activating group) is 1. The van der Waals surface area contributed by atoms with Crippen molar-refractivity contribution < 1.29 is 8.42 Å². The third-order valence-corrected chi connectivity index (χ3v) is 7.28. The molecule has 0 bridgehead atoms. The predicted octanol–water partition coefficient (Wildman–Crippen LogP) is 3.30. The van der Waals surface area contributed by atoms with Crippen molar-refractivity contribution in [2.45, 2.75) is 37.1 Å². The van der Waals surface area contributed by atoms with Crippen LogP contribution in [0.1, 0.15) is 29.0 Å². The Morgan fingerprint density at radius 1 is 1.04 bits per heavy atom. The second-order valence-corrected chi connectivity index (χ2v) is 9.22. The summed E-state index contributed by atoms with van der Waals surface area (Å²) in [7, 11) is -1.45. The van der Waals surface area contributed by atoms with E-state index in [-0.39, 0.29) is 12.0 Å². The van der Waals surface area contributed by atoms with Gasteiger partial charge in [-0.1, -0.05) is 29.8 Å². The van der Waals surface area contributed by atoms with E-state index in [2.05, 4.69) is 24.9 Å². The Hall–Kier alpha value is -1.85. The average Bonchev–Trinajstić information content (AvgIpc) is 2.88. The van der Waals surface area contributed by atoms with Gasteiger partial charge in [-0.2, -0.15) is 0 Å². The van der Waals surface area contributed by atoms with Gasteiger partial charge in [0.25, 0.3) is 10.0 Å². The van der Waals surface area contributed by atoms with Crippen molar-refractivity contribution >= 4 is 15.7 Å². The highest BCUT2D eigenvalue weighted by Crippen LogP contribution is 2.47. The van der Waals surface area contributed by atoms with Crippen LogP contribution in [-0.4, -0.2) is 39.5 Å². The molecular weight excluding hydrogens is 332 g/mol. The Morgan fingerprint density at radius 3 is 2.56 bits per heavy atom. The highest BCUT2D eigenvalue weighted by molar-refractivity contribution is 7.92. The number of anilines is 1. The maximum Gasteiger partial charge on any atom is 0.264 e. The summed E-state index contributed by atoms with van der Waals surface area (Å²) < 4.78 is 28.7. The smallest absolute Gasteiger partial charge is 0.264 e. The summed E-state index contributed by atoms with van der Waals surface area (Å²) in [6.07, 6.45) is 0.861. The molecule has 2 aliphatic heterocycles. The molecule has 2 aromatic carbocycles. The Kier molecular flexibility index (Phi) is 3.89. The van der Waals surface area contributed by atoms with E-state index in [4.69, 9.17) is 0 Å². The second-order valence-electron chi connectivity index (χ2n) is 7.40. The first kappa shape index (κ1) is 16.6. The van der Waals surface area contributed by atoms with Crippen LogP contribution in [0.5, 0.6) is 0 Å². The quantitative estimate of drug-likeness (QED) is 0.829. The molecule has 5 heteroatoms. The van der Waals surface area contributed by atoms with Gasteiger partial charge in [0.15, 0.2) is 0 Å². The predicted molar refractivity (Wildman–Crippen MR) is 101 cm³/mol. The first-order valence-electron chi connectivity index (χ1n) is 8.78. The topological polar surface area (TPSA) is 40.6 Å². The molecule has 0 aromatic heterocycles. The van der Waals surface area contributed by atoms with E-state index >= 15 is 0 Å². The molecule has 0 unspecified atom stereocenters. The highest BCUT2D eigenvalue weighted by atomic mass is 32.2. The molecule has 0 radical (unpaired) electrons. The third-order valence-electron chi connectivity index (χ3n) is 5.45. The fraction of sp³-hybridized carbons (Fsp3) is 0.400. The molecule has 0 saturated carbocycles. The van der Waals surface area contributed by atoms with Crippen molar-refractivity contribution in [3.8, 4) is 0 Å². The maximum absolute atomic E-state index is 13.5. The minimum Gasteiger partial charge on any atom is -0.306 e. The van der Waals surface area contributed by atoms with Crippen LogP contribution in [0.15, 0.2) is 47.4 Å². The van der Waals surface area contributed by atoms with E-state index in [0.29, 0.717) is 4.90 Å². The number of piperidine rings is 1. The van der Waals surface area contributed by atoms with Crippen LogP contribution in [0.3, 0.4) is 0 Å². The molecule has 0 amide bonds. The SMILES string of the molecule is Cc1cccc(S(=O)(=O)N2c3ccc(C)cc3[C@H]3CN(C)CC[C@H]32)c1. The van der Waals surface area contributed by atoms with Crippen molar-refractivity contribution in [2.24, 2.45) is 0 Å². The van der Waals surface area contributed by atoms with Gasteiger partial charge >= 0.3 is 0 Å². The Labute approximate surface area is 150 Å². The summed E-state index contributed by atoms with van der Waals surface area (Å²) in [4.78, 5) is 2.69. The van der Waals surface area contributed by atoms with Crippen LogP contribution in [0, 0.1) is 13.8 Å². The summed E-state index contributed by atoms with van der Waals surface area (Å²) in [5, 5.41) is 0. The summed E-state index contributed by atoms with van der Waals surface area (Å²) in [6, 6.07) is 13.4. The molecule has 2 aliphatic rings. The molecule has 0 spiro atoms. The molecule has 0 aliphatic carbocycles. The maximum atomic E-state index is 13.5. The summed E-state index contributed by atoms with van der Waals surface area (Å²) in [6.45, 7) is 5.83. The van der Waals surface area contributed by atoms with E-state index in [1.54, 1.807) is 16.4 Å². The molecule has 4 nitrogen and oxygen atoms in total. The van der Waals surface area contributed by atoms with Gasteiger partial charge in [0.2, 0.25) is 0 Å². The van der Waals surface area contributed by atoms with E-state index in [1.807, 2.05) is 31.2 Å². The van der Waals surface area contributed by atoms with Gasteiger partial charge in [0.1, 0.15) is 0 Å². The van der Waals surface area contributed by atoms with Crippen LogP contribution in [0.25, 0.3) is 0 Å². The third kappa shape index (κ3) is 2.66. The molecule has 132 valence electrons. The number of rotatable bonds is 2. The average molecular weight is 356 g/mol. The normalized spacial score (nSPS) is 23.4. The fourth-order valence-electron chi connectivity index (χ4n) is 4.24. The van der Waals surface area contributed by atoms with E-state index in [0.717, 1.165) is 30.8 Å². The van der Waals surface area contributed by atoms with Crippen molar-refractivity contribution in [1.29, 1.82) is 0 Å². The first-order valence-corrected chi connectivity index (χ1v) is 10.2. The zero-order chi connectivity index (χ0) is 17.8. The second kappa shape index (κ2) is 5.85. The monoisotopic (exact) mass is 356 g/mol. The van der Waals surface area contributed by atoms with Gasteiger partial charge in [-0.25, -0.2) is 8.42 Å². The highest BCUT2D eigenvalue weighted by Gasteiger charge is 2.46. The summed E-state index contributed by atoms with van der Waals surface area (Å²) in [5.41, 5.74) is 4.18. The van der Waals surface area contributed by atoms with Gasteiger partial charge < -0.3 is 4.90 Å². The van der Waals surface area contributed by atoms with Crippen molar-refractivity contribution in [2.75, 3.05) is 24.4 Å². The van der Waals surface area contributed by atoms with Crippen molar-refractivity contribution in [3.63, 3.8) is 0 Å². The Bertz CT molecular complexity index is 923. The zero-order valence-corrected chi connectivity index (χ0v) is 15.8. The van der Waals surface area contributed by atoms with E-state index in [9.17, 15) is 8.42 Å². The number of likely N-dealkylation sites (tertiary alicyclic amines) is 1. The van der Waals surface area contributed by atoms with Crippen LogP contribution < -0.4 is 4.31 Å². The van der Waals surface area contributed by atoms with Gasteiger partial charge in [-0.15, -0.1) is 0 Å². The molecular formula is C20H24N2O2S. The lowest BCUT2D eigenvalue weighted by Gasteiger charge is -2.36. The number of hydrogen-bond acceptors (Lipinski definition) is 3. The van der Waals surface area contributed by atoms with Crippen molar-refractivity contribution in [3.05, 3.63) is 59.2 Å². The first-order chi connectivity index (χ1) is 11.9. The summed E-state index contributed by atoms with van der Waals surface area (Å²) >= 11 is 0. The molecule has 4 rings (SSSR count). The molecule has 1 fully saturated rings. The molecule has 25 heavy (non-hydrogen) atoms. The van der Waals surface area contributed by atoms with Crippen LogP contribution in [0.2, 0.25) is 0 Å². The lowest BCUT2D eigenvalue weighted by Crippen LogP contribution is -2.47. The van der Waals surface area contributed by atoms with Gasteiger partial charge in [0.05, 0.1) is 16.6 Å². The standard InChI is InChI=1S/C20H24N2O2S/c1-14-5-4-6-16(11-14)25(23,24)22-19-8-7-15(2)12-17(19)18-13-21(3)10-9-20(18)22/h4-8,11-12,18,20H,9-10,13H2,1-3H3/t18-,20-/m1/s1. The minimum atomic E-state index is -3.56. The molecule has 2 aromatic rings. The number of fused-ring (bicyclic) bond motifs is 3. The molecule has 2 heterocycles. The summed E-state index contributed by atoms with van der Waals surface area (Å²) in [5.74, 6) is 0.244. The lowest BCUT2D eigenvalue weighted by atomic mass is 9.89.